The first-order valence-corrected chi connectivity index (χ1v) is 8.44. The molecule has 6 heteroatoms. The predicted molar refractivity (Wildman–Crippen MR) is 99.6 cm³/mol. The summed E-state index contributed by atoms with van der Waals surface area (Å²) in [7, 11) is 0. The normalized spacial score (nSPS) is 10.5. The van der Waals surface area contributed by atoms with E-state index in [0.717, 1.165) is 5.56 Å². The molecule has 0 atom stereocenters. The van der Waals surface area contributed by atoms with E-state index in [1.165, 1.54) is 24.3 Å². The lowest BCUT2D eigenvalue weighted by Gasteiger charge is -2.10. The monoisotopic (exact) mass is 382 g/mol. The summed E-state index contributed by atoms with van der Waals surface area (Å²) in [5.41, 5.74) is 2.14. The Bertz CT molecular complexity index is 954. The van der Waals surface area contributed by atoms with Crippen LogP contribution in [0.4, 0.5) is 8.78 Å². The predicted octanol–water partition coefficient (Wildman–Crippen LogP) is 4.99. The standard InChI is InChI=1S/C22H16F2O4/c23-22(24)28-17-12-10-16(11-13-17)20(25)14-27-21(26)19-9-5-4-8-18(19)15-6-2-1-3-7-15/h1-13,22H,14H2. The molecule has 0 aliphatic rings. The van der Waals surface area contributed by atoms with Crippen LogP contribution in [0.3, 0.4) is 0 Å². The van der Waals surface area contributed by atoms with Crippen molar-refractivity contribution in [2.45, 2.75) is 6.61 Å². The molecule has 0 unspecified atom stereocenters. The van der Waals surface area contributed by atoms with Gasteiger partial charge in [-0.3, -0.25) is 4.79 Å². The second kappa shape index (κ2) is 8.90. The molecule has 0 aliphatic carbocycles. The number of rotatable bonds is 7. The van der Waals surface area contributed by atoms with E-state index in [-0.39, 0.29) is 11.3 Å². The van der Waals surface area contributed by atoms with E-state index in [9.17, 15) is 18.4 Å². The quantitative estimate of drug-likeness (QED) is 0.427. The van der Waals surface area contributed by atoms with E-state index in [2.05, 4.69) is 4.74 Å². The van der Waals surface area contributed by atoms with E-state index >= 15 is 0 Å². The molecule has 0 saturated carbocycles. The second-order valence-corrected chi connectivity index (χ2v) is 5.81. The molecule has 0 N–H and O–H groups in total. The minimum Gasteiger partial charge on any atom is -0.454 e. The van der Waals surface area contributed by atoms with Gasteiger partial charge in [0.05, 0.1) is 5.56 Å². The molecular formula is C22H16F2O4. The van der Waals surface area contributed by atoms with Gasteiger partial charge in [-0.05, 0) is 41.5 Å². The third-order valence-electron chi connectivity index (χ3n) is 3.97. The minimum absolute atomic E-state index is 0.0552. The van der Waals surface area contributed by atoms with Gasteiger partial charge >= 0.3 is 12.6 Å². The Balaban J connectivity index is 1.67. The van der Waals surface area contributed by atoms with Gasteiger partial charge in [-0.15, -0.1) is 0 Å². The molecule has 0 amide bonds. The fraction of sp³-hybridized carbons (Fsp3) is 0.0909. The van der Waals surface area contributed by atoms with Gasteiger partial charge in [0.15, 0.2) is 12.4 Å². The number of alkyl halides is 2. The van der Waals surface area contributed by atoms with Gasteiger partial charge < -0.3 is 9.47 Å². The van der Waals surface area contributed by atoms with Crippen molar-refractivity contribution in [1.82, 2.24) is 0 Å². The molecule has 28 heavy (non-hydrogen) atoms. The van der Waals surface area contributed by atoms with Crippen LogP contribution in [-0.4, -0.2) is 25.0 Å². The third kappa shape index (κ3) is 4.79. The molecule has 0 bridgehead atoms. The van der Waals surface area contributed by atoms with Crippen molar-refractivity contribution in [3.63, 3.8) is 0 Å². The van der Waals surface area contributed by atoms with Gasteiger partial charge in [-0.2, -0.15) is 8.78 Å². The maximum atomic E-state index is 12.5. The first-order chi connectivity index (χ1) is 13.5. The smallest absolute Gasteiger partial charge is 0.387 e. The largest absolute Gasteiger partial charge is 0.454 e. The van der Waals surface area contributed by atoms with Crippen LogP contribution < -0.4 is 4.74 Å². The first-order valence-electron chi connectivity index (χ1n) is 8.44. The van der Waals surface area contributed by atoms with Crippen LogP contribution >= 0.6 is 0 Å². The SMILES string of the molecule is O=C(COC(=O)c1ccccc1-c1ccccc1)c1ccc(OC(F)F)cc1. The average Bonchev–Trinajstić information content (AvgIpc) is 2.72. The van der Waals surface area contributed by atoms with Crippen LogP contribution in [-0.2, 0) is 4.74 Å². The lowest BCUT2D eigenvalue weighted by Crippen LogP contribution is -2.15. The van der Waals surface area contributed by atoms with Crippen molar-refractivity contribution in [2.75, 3.05) is 6.61 Å². The highest BCUT2D eigenvalue weighted by Gasteiger charge is 2.16. The lowest BCUT2D eigenvalue weighted by atomic mass is 10.00. The maximum absolute atomic E-state index is 12.5. The molecule has 3 aromatic carbocycles. The number of hydrogen-bond acceptors (Lipinski definition) is 4. The number of carbonyl (C=O) groups excluding carboxylic acids is 2. The van der Waals surface area contributed by atoms with Gasteiger partial charge in [0, 0.05) is 5.56 Å². The zero-order valence-electron chi connectivity index (χ0n) is 14.7. The van der Waals surface area contributed by atoms with Crippen molar-refractivity contribution in [1.29, 1.82) is 0 Å². The molecule has 0 heterocycles. The van der Waals surface area contributed by atoms with Crippen LogP contribution in [0.25, 0.3) is 11.1 Å². The fourth-order valence-corrected chi connectivity index (χ4v) is 2.64. The van der Waals surface area contributed by atoms with Crippen LogP contribution in [0.1, 0.15) is 20.7 Å². The summed E-state index contributed by atoms with van der Waals surface area (Å²) < 4.78 is 33.7. The highest BCUT2D eigenvalue weighted by molar-refractivity contribution is 6.01. The number of ether oxygens (including phenoxy) is 2. The van der Waals surface area contributed by atoms with Crippen LogP contribution in [0.15, 0.2) is 78.9 Å². The molecule has 142 valence electrons. The summed E-state index contributed by atoms with van der Waals surface area (Å²) in [4.78, 5) is 24.7. The minimum atomic E-state index is -2.94. The number of esters is 1. The highest BCUT2D eigenvalue weighted by atomic mass is 19.3. The van der Waals surface area contributed by atoms with Crippen molar-refractivity contribution in [3.8, 4) is 16.9 Å². The molecule has 0 spiro atoms. The van der Waals surface area contributed by atoms with E-state index < -0.39 is 25.0 Å². The van der Waals surface area contributed by atoms with Crippen LogP contribution in [0.2, 0.25) is 0 Å². The van der Waals surface area contributed by atoms with Crippen molar-refractivity contribution in [2.24, 2.45) is 0 Å². The third-order valence-corrected chi connectivity index (χ3v) is 3.97. The number of benzene rings is 3. The van der Waals surface area contributed by atoms with E-state index in [0.29, 0.717) is 11.1 Å². The zero-order chi connectivity index (χ0) is 19.9. The van der Waals surface area contributed by atoms with Crippen LogP contribution in [0, 0.1) is 0 Å². The van der Waals surface area contributed by atoms with Gasteiger partial charge in [-0.1, -0.05) is 48.5 Å². The van der Waals surface area contributed by atoms with Crippen molar-refractivity contribution < 1.29 is 27.8 Å². The Morgan fingerprint density at radius 3 is 2.14 bits per heavy atom. The Morgan fingerprint density at radius 2 is 1.46 bits per heavy atom. The summed E-state index contributed by atoms with van der Waals surface area (Å²) >= 11 is 0. The summed E-state index contributed by atoms with van der Waals surface area (Å²) in [6, 6.07) is 21.5. The first kappa shape index (κ1) is 19.2. The van der Waals surface area contributed by atoms with E-state index in [1.54, 1.807) is 18.2 Å². The molecule has 0 saturated heterocycles. The molecule has 0 radical (unpaired) electrons. The zero-order valence-corrected chi connectivity index (χ0v) is 14.7. The fourth-order valence-electron chi connectivity index (χ4n) is 2.64. The van der Waals surface area contributed by atoms with Crippen LogP contribution in [0.5, 0.6) is 5.75 Å². The lowest BCUT2D eigenvalue weighted by molar-refractivity contribution is -0.0498. The summed E-state index contributed by atoms with van der Waals surface area (Å²) in [6.07, 6.45) is 0. The molecule has 0 aromatic heterocycles. The Morgan fingerprint density at radius 1 is 0.821 bits per heavy atom. The number of Topliss-reactive ketones (excluding diaryl/α,β-unsaturated/α-hetero) is 1. The molecule has 4 nitrogen and oxygen atoms in total. The van der Waals surface area contributed by atoms with Gasteiger partial charge in [-0.25, -0.2) is 4.79 Å². The van der Waals surface area contributed by atoms with Gasteiger partial charge in [0.25, 0.3) is 0 Å². The Kier molecular flexibility index (Phi) is 6.11. The van der Waals surface area contributed by atoms with E-state index in [1.807, 2.05) is 36.4 Å². The number of ketones is 1. The molecule has 3 aromatic rings. The summed E-state index contributed by atoms with van der Waals surface area (Å²) in [5, 5.41) is 0. The van der Waals surface area contributed by atoms with Gasteiger partial charge in [0.2, 0.25) is 0 Å². The Hall–Kier alpha value is -3.54. The second-order valence-electron chi connectivity index (χ2n) is 5.81. The number of hydrogen-bond donors (Lipinski definition) is 0. The summed E-state index contributed by atoms with van der Waals surface area (Å²) in [5.74, 6) is -1.13. The molecule has 0 aliphatic heterocycles. The van der Waals surface area contributed by atoms with Crippen molar-refractivity contribution >= 4 is 11.8 Å². The molecule has 3 rings (SSSR count). The topological polar surface area (TPSA) is 52.6 Å². The number of carbonyl (C=O) groups is 2. The maximum Gasteiger partial charge on any atom is 0.387 e. The average molecular weight is 382 g/mol. The van der Waals surface area contributed by atoms with E-state index in [4.69, 9.17) is 4.74 Å². The van der Waals surface area contributed by atoms with Crippen molar-refractivity contribution in [3.05, 3.63) is 90.0 Å². The number of halogens is 2. The van der Waals surface area contributed by atoms with Gasteiger partial charge in [0.1, 0.15) is 5.75 Å². The highest BCUT2D eigenvalue weighted by Crippen LogP contribution is 2.24. The molecular weight excluding hydrogens is 366 g/mol. The summed E-state index contributed by atoms with van der Waals surface area (Å²) in [6.45, 7) is -3.40. The molecule has 0 fully saturated rings. The Labute approximate surface area is 160 Å².